The first-order chi connectivity index (χ1) is 12.5. The second-order valence-electron chi connectivity index (χ2n) is 5.85. The second-order valence-corrected chi connectivity index (χ2v) is 8.08. The van der Waals surface area contributed by atoms with Gasteiger partial charge in [0, 0.05) is 10.2 Å². The van der Waals surface area contributed by atoms with E-state index in [1.807, 2.05) is 63.2 Å². The Kier molecular flexibility index (Phi) is 5.73. The van der Waals surface area contributed by atoms with Crippen LogP contribution < -0.4 is 5.32 Å². The van der Waals surface area contributed by atoms with Gasteiger partial charge in [-0.3, -0.25) is 4.79 Å². The molecule has 0 fully saturated rings. The van der Waals surface area contributed by atoms with Gasteiger partial charge in [-0.15, -0.1) is 5.10 Å². The van der Waals surface area contributed by atoms with Gasteiger partial charge < -0.3 is 5.32 Å². The lowest BCUT2D eigenvalue weighted by atomic mass is 10.1. The third-order valence-corrected chi connectivity index (χ3v) is 5.51. The second kappa shape index (κ2) is 8.01. The third-order valence-electron chi connectivity index (χ3n) is 3.99. The lowest BCUT2D eigenvalue weighted by molar-refractivity contribution is -0.115. The van der Waals surface area contributed by atoms with Crippen LogP contribution in [-0.4, -0.2) is 31.4 Å². The summed E-state index contributed by atoms with van der Waals surface area (Å²) < 4.78 is 2.59. The van der Waals surface area contributed by atoms with Crippen molar-refractivity contribution in [2.45, 2.75) is 31.2 Å². The minimum atomic E-state index is -0.358. The number of halogens is 1. The monoisotopic (exact) mass is 431 g/mol. The molecule has 1 unspecified atom stereocenters. The zero-order chi connectivity index (χ0) is 18.7. The lowest BCUT2D eigenvalue weighted by Crippen LogP contribution is -2.23. The Labute approximate surface area is 164 Å². The number of hydrogen-bond donors (Lipinski definition) is 1. The fourth-order valence-electron chi connectivity index (χ4n) is 2.39. The van der Waals surface area contributed by atoms with Gasteiger partial charge in [0.15, 0.2) is 0 Å². The summed E-state index contributed by atoms with van der Waals surface area (Å²) in [5.41, 5.74) is 3.92. The lowest BCUT2D eigenvalue weighted by Gasteiger charge is -2.13. The van der Waals surface area contributed by atoms with Crippen LogP contribution in [0.4, 0.5) is 5.69 Å². The van der Waals surface area contributed by atoms with Crippen LogP contribution in [0.15, 0.2) is 52.1 Å². The van der Waals surface area contributed by atoms with Crippen molar-refractivity contribution in [3.05, 3.63) is 58.1 Å². The van der Waals surface area contributed by atoms with Crippen molar-refractivity contribution in [1.29, 1.82) is 0 Å². The van der Waals surface area contributed by atoms with E-state index >= 15 is 0 Å². The van der Waals surface area contributed by atoms with Crippen LogP contribution in [0.3, 0.4) is 0 Å². The molecule has 0 saturated carbocycles. The van der Waals surface area contributed by atoms with E-state index in [2.05, 4.69) is 36.8 Å². The van der Waals surface area contributed by atoms with Crippen molar-refractivity contribution in [1.82, 2.24) is 20.2 Å². The molecule has 0 aliphatic rings. The van der Waals surface area contributed by atoms with Crippen molar-refractivity contribution in [2.24, 2.45) is 0 Å². The summed E-state index contributed by atoms with van der Waals surface area (Å²) in [6.45, 7) is 5.91. The van der Waals surface area contributed by atoms with Gasteiger partial charge in [-0.1, -0.05) is 45.9 Å². The van der Waals surface area contributed by atoms with Crippen LogP contribution in [0, 0.1) is 13.8 Å². The molecule has 0 aliphatic heterocycles. The molecule has 26 heavy (non-hydrogen) atoms. The summed E-state index contributed by atoms with van der Waals surface area (Å²) in [5, 5.41) is 15.1. The van der Waals surface area contributed by atoms with Gasteiger partial charge in [-0.25, -0.2) is 0 Å². The van der Waals surface area contributed by atoms with E-state index in [0.29, 0.717) is 5.16 Å². The normalized spacial score (nSPS) is 12.0. The van der Waals surface area contributed by atoms with Crippen molar-refractivity contribution in [2.75, 3.05) is 5.32 Å². The molecular formula is C18H18BrN5OS. The zero-order valence-corrected chi connectivity index (χ0v) is 17.0. The number of anilines is 1. The molecule has 0 radical (unpaired) electrons. The molecule has 6 nitrogen and oxygen atoms in total. The molecule has 1 amide bonds. The van der Waals surface area contributed by atoms with E-state index in [1.165, 1.54) is 11.8 Å². The first-order valence-corrected chi connectivity index (χ1v) is 9.71. The first kappa shape index (κ1) is 18.6. The number of hydrogen-bond acceptors (Lipinski definition) is 5. The van der Waals surface area contributed by atoms with Crippen LogP contribution in [0.1, 0.15) is 18.1 Å². The Bertz CT molecular complexity index is 943. The Hall–Kier alpha value is -2.19. The minimum absolute atomic E-state index is 0.108. The highest BCUT2D eigenvalue weighted by molar-refractivity contribution is 9.10. The average Bonchev–Trinajstić information content (AvgIpc) is 3.05. The highest BCUT2D eigenvalue weighted by atomic mass is 79.9. The minimum Gasteiger partial charge on any atom is -0.325 e. The fraction of sp³-hybridized carbons (Fsp3) is 0.222. The number of rotatable bonds is 5. The van der Waals surface area contributed by atoms with E-state index in [-0.39, 0.29) is 11.2 Å². The summed E-state index contributed by atoms with van der Waals surface area (Å²) >= 11 is 4.72. The SMILES string of the molecule is Cc1cccc(-n2nnnc2SC(C)C(=O)Nc2cccc(Br)c2)c1C. The molecule has 1 heterocycles. The van der Waals surface area contributed by atoms with Crippen molar-refractivity contribution >= 4 is 39.3 Å². The Morgan fingerprint density at radius 2 is 2.00 bits per heavy atom. The summed E-state index contributed by atoms with van der Waals surface area (Å²) in [6.07, 6.45) is 0. The maximum atomic E-state index is 12.5. The topological polar surface area (TPSA) is 72.7 Å². The summed E-state index contributed by atoms with van der Waals surface area (Å²) in [4.78, 5) is 12.5. The largest absolute Gasteiger partial charge is 0.325 e. The summed E-state index contributed by atoms with van der Waals surface area (Å²) in [7, 11) is 0. The number of nitrogens with zero attached hydrogens (tertiary/aromatic N) is 4. The Morgan fingerprint density at radius 3 is 2.77 bits per heavy atom. The van der Waals surface area contributed by atoms with E-state index in [4.69, 9.17) is 0 Å². The number of tetrazole rings is 1. The van der Waals surface area contributed by atoms with E-state index < -0.39 is 0 Å². The number of aryl methyl sites for hydroxylation is 1. The molecule has 3 rings (SSSR count). The molecule has 1 N–H and O–H groups in total. The predicted molar refractivity (Wildman–Crippen MR) is 107 cm³/mol. The van der Waals surface area contributed by atoms with Crippen molar-refractivity contribution < 1.29 is 4.79 Å². The number of carbonyl (C=O) groups is 1. The molecule has 134 valence electrons. The summed E-state index contributed by atoms with van der Waals surface area (Å²) in [6, 6.07) is 13.5. The quantitative estimate of drug-likeness (QED) is 0.613. The van der Waals surface area contributed by atoms with Gasteiger partial charge in [-0.05, 0) is 66.6 Å². The van der Waals surface area contributed by atoms with Gasteiger partial charge >= 0.3 is 0 Å². The van der Waals surface area contributed by atoms with Gasteiger partial charge in [0.25, 0.3) is 0 Å². The van der Waals surface area contributed by atoms with E-state index in [1.54, 1.807) is 4.68 Å². The number of nitrogens with one attached hydrogen (secondary N) is 1. The number of thioether (sulfide) groups is 1. The van der Waals surface area contributed by atoms with Crippen LogP contribution in [0.2, 0.25) is 0 Å². The number of carbonyl (C=O) groups excluding carboxylic acids is 1. The number of benzene rings is 2. The Morgan fingerprint density at radius 1 is 1.23 bits per heavy atom. The van der Waals surface area contributed by atoms with Gasteiger partial charge in [-0.2, -0.15) is 4.68 Å². The maximum Gasteiger partial charge on any atom is 0.237 e. The van der Waals surface area contributed by atoms with Crippen LogP contribution in [-0.2, 0) is 4.79 Å². The molecule has 1 atom stereocenters. The molecule has 2 aromatic carbocycles. The first-order valence-electron chi connectivity index (χ1n) is 8.04. The fourth-order valence-corrected chi connectivity index (χ4v) is 3.59. The molecular weight excluding hydrogens is 414 g/mol. The van der Waals surface area contributed by atoms with Crippen LogP contribution in [0.25, 0.3) is 5.69 Å². The smallest absolute Gasteiger partial charge is 0.237 e. The molecule has 0 saturated heterocycles. The number of amides is 1. The maximum absolute atomic E-state index is 12.5. The molecule has 0 spiro atoms. The zero-order valence-electron chi connectivity index (χ0n) is 14.6. The van der Waals surface area contributed by atoms with E-state index in [9.17, 15) is 4.79 Å². The molecule has 8 heteroatoms. The van der Waals surface area contributed by atoms with Crippen molar-refractivity contribution in [3.63, 3.8) is 0 Å². The third kappa shape index (κ3) is 4.13. The summed E-state index contributed by atoms with van der Waals surface area (Å²) in [5.74, 6) is -0.108. The van der Waals surface area contributed by atoms with E-state index in [0.717, 1.165) is 27.0 Å². The molecule has 0 bridgehead atoms. The van der Waals surface area contributed by atoms with Crippen LogP contribution >= 0.6 is 27.7 Å². The molecule has 3 aromatic rings. The highest BCUT2D eigenvalue weighted by Crippen LogP contribution is 2.26. The van der Waals surface area contributed by atoms with Gasteiger partial charge in [0.1, 0.15) is 0 Å². The molecule has 0 aliphatic carbocycles. The van der Waals surface area contributed by atoms with Crippen molar-refractivity contribution in [3.8, 4) is 5.69 Å². The number of aromatic nitrogens is 4. The highest BCUT2D eigenvalue weighted by Gasteiger charge is 2.20. The standard InChI is InChI=1S/C18H18BrN5OS/c1-11-6-4-9-16(12(11)2)24-18(21-22-23-24)26-13(3)17(25)20-15-8-5-7-14(19)10-15/h4-10,13H,1-3H3,(H,20,25). The van der Waals surface area contributed by atoms with Gasteiger partial charge in [0.2, 0.25) is 11.1 Å². The van der Waals surface area contributed by atoms with Crippen LogP contribution in [0.5, 0.6) is 0 Å². The Balaban J connectivity index is 1.76. The molecule has 1 aromatic heterocycles. The predicted octanol–water partition coefficient (Wildman–Crippen LogP) is 4.16. The average molecular weight is 432 g/mol. The van der Waals surface area contributed by atoms with Gasteiger partial charge in [0.05, 0.1) is 10.9 Å².